The summed E-state index contributed by atoms with van der Waals surface area (Å²) in [5, 5.41) is 15.6. The molecule has 126 valence electrons. The second-order valence-corrected chi connectivity index (χ2v) is 6.79. The zero-order valence-corrected chi connectivity index (χ0v) is 13.7. The Morgan fingerprint density at radius 1 is 1.16 bits per heavy atom. The van der Waals surface area contributed by atoms with Gasteiger partial charge in [0.25, 0.3) is 5.91 Å². The topological polar surface area (TPSA) is 79.7 Å². The molecule has 3 aromatic rings. The van der Waals surface area contributed by atoms with Crippen molar-refractivity contribution < 1.29 is 4.79 Å². The minimum Gasteiger partial charge on any atom is -0.333 e. The van der Waals surface area contributed by atoms with E-state index < -0.39 is 0 Å². The van der Waals surface area contributed by atoms with Gasteiger partial charge in [0, 0.05) is 30.8 Å². The number of aromatic amines is 1. The maximum absolute atomic E-state index is 12.6. The van der Waals surface area contributed by atoms with Crippen molar-refractivity contribution >= 4 is 5.91 Å². The first-order valence-electron chi connectivity index (χ1n) is 8.60. The van der Waals surface area contributed by atoms with Crippen LogP contribution in [0, 0.1) is 0 Å². The van der Waals surface area contributed by atoms with Crippen LogP contribution in [0.2, 0.25) is 0 Å². The molecule has 2 aliphatic rings. The van der Waals surface area contributed by atoms with Crippen LogP contribution < -0.4 is 0 Å². The number of benzene rings is 1. The van der Waals surface area contributed by atoms with Gasteiger partial charge in [0.1, 0.15) is 5.69 Å². The van der Waals surface area contributed by atoms with E-state index in [4.69, 9.17) is 0 Å². The highest BCUT2D eigenvalue weighted by Gasteiger charge is 2.35. The number of carbonyl (C=O) groups excluding carboxylic acids is 1. The van der Waals surface area contributed by atoms with E-state index in [-0.39, 0.29) is 11.9 Å². The van der Waals surface area contributed by atoms with Gasteiger partial charge >= 0.3 is 0 Å². The van der Waals surface area contributed by atoms with Crippen molar-refractivity contribution in [3.63, 3.8) is 0 Å². The van der Waals surface area contributed by atoms with E-state index >= 15 is 0 Å². The van der Waals surface area contributed by atoms with Crippen LogP contribution in [0.25, 0.3) is 11.3 Å². The van der Waals surface area contributed by atoms with Crippen LogP contribution in [0.3, 0.4) is 0 Å². The molecule has 5 rings (SSSR count). The van der Waals surface area contributed by atoms with Crippen molar-refractivity contribution in [3.05, 3.63) is 54.0 Å². The van der Waals surface area contributed by atoms with Crippen LogP contribution in [0.15, 0.2) is 42.6 Å². The summed E-state index contributed by atoms with van der Waals surface area (Å²) in [4.78, 5) is 14.4. The van der Waals surface area contributed by atoms with Gasteiger partial charge in [-0.25, -0.2) is 4.68 Å². The van der Waals surface area contributed by atoms with Crippen LogP contribution in [-0.4, -0.2) is 49.1 Å². The Labute approximate surface area is 144 Å². The van der Waals surface area contributed by atoms with E-state index in [1.54, 1.807) is 0 Å². The first kappa shape index (κ1) is 14.4. The Bertz CT molecular complexity index is 905. The maximum atomic E-state index is 12.6. The Hall–Kier alpha value is -2.96. The minimum absolute atomic E-state index is 0.0199. The number of nitrogens with zero attached hydrogens (tertiary/aromatic N) is 5. The number of aromatic nitrogens is 5. The van der Waals surface area contributed by atoms with E-state index in [0.717, 1.165) is 17.0 Å². The Morgan fingerprint density at radius 3 is 2.72 bits per heavy atom. The fraction of sp³-hybridized carbons (Fsp3) is 0.333. The molecule has 1 aliphatic heterocycles. The van der Waals surface area contributed by atoms with Gasteiger partial charge in [0.15, 0.2) is 0 Å². The number of hydrogen-bond acceptors (Lipinski definition) is 4. The molecule has 1 saturated carbocycles. The highest BCUT2D eigenvalue weighted by atomic mass is 16.2. The van der Waals surface area contributed by atoms with Gasteiger partial charge in [-0.3, -0.25) is 9.89 Å². The summed E-state index contributed by atoms with van der Waals surface area (Å²) in [5.74, 6) is 0.585. The molecule has 0 atom stereocenters. The maximum Gasteiger partial charge on any atom is 0.272 e. The zero-order chi connectivity index (χ0) is 16.8. The van der Waals surface area contributed by atoms with Crippen LogP contribution in [-0.2, 0) is 0 Å². The second-order valence-electron chi connectivity index (χ2n) is 6.79. The predicted molar refractivity (Wildman–Crippen MR) is 91.0 cm³/mol. The molecule has 7 nitrogen and oxygen atoms in total. The molecule has 1 amide bonds. The van der Waals surface area contributed by atoms with Crippen molar-refractivity contribution in [2.75, 3.05) is 13.1 Å². The third-order valence-electron chi connectivity index (χ3n) is 4.93. The van der Waals surface area contributed by atoms with E-state index in [0.29, 0.717) is 24.7 Å². The molecule has 2 fully saturated rings. The molecule has 1 aliphatic carbocycles. The molecule has 0 bridgehead atoms. The number of amides is 1. The van der Waals surface area contributed by atoms with Gasteiger partial charge in [-0.15, -0.1) is 5.10 Å². The SMILES string of the molecule is O=C(c1cc(-c2ccccc2)n[nH]1)N1CC(n2cc(C3CC3)nn2)C1. The first-order valence-corrected chi connectivity index (χ1v) is 8.60. The van der Waals surface area contributed by atoms with Crippen LogP contribution in [0.1, 0.15) is 41.0 Å². The van der Waals surface area contributed by atoms with Crippen LogP contribution >= 0.6 is 0 Å². The summed E-state index contributed by atoms with van der Waals surface area (Å²) < 4.78 is 1.90. The third kappa shape index (κ3) is 2.61. The van der Waals surface area contributed by atoms with Gasteiger partial charge in [-0.1, -0.05) is 35.5 Å². The summed E-state index contributed by atoms with van der Waals surface area (Å²) in [5.41, 5.74) is 3.39. The summed E-state index contributed by atoms with van der Waals surface area (Å²) >= 11 is 0. The summed E-state index contributed by atoms with van der Waals surface area (Å²) in [6.45, 7) is 1.32. The fourth-order valence-electron chi connectivity index (χ4n) is 3.18. The number of nitrogens with one attached hydrogen (secondary N) is 1. The summed E-state index contributed by atoms with van der Waals surface area (Å²) in [7, 11) is 0. The molecule has 0 spiro atoms. The van der Waals surface area contributed by atoms with Crippen molar-refractivity contribution in [2.45, 2.75) is 24.8 Å². The zero-order valence-electron chi connectivity index (χ0n) is 13.7. The molecule has 1 saturated heterocycles. The van der Waals surface area contributed by atoms with Crippen molar-refractivity contribution in [1.82, 2.24) is 30.1 Å². The van der Waals surface area contributed by atoms with Crippen molar-refractivity contribution in [3.8, 4) is 11.3 Å². The highest BCUT2D eigenvalue weighted by Crippen LogP contribution is 2.39. The lowest BCUT2D eigenvalue weighted by Gasteiger charge is -2.38. The number of H-pyrrole nitrogens is 1. The Morgan fingerprint density at radius 2 is 1.96 bits per heavy atom. The quantitative estimate of drug-likeness (QED) is 0.793. The molecular formula is C18H18N6O. The fourth-order valence-corrected chi connectivity index (χ4v) is 3.18. The lowest BCUT2D eigenvalue weighted by atomic mass is 10.1. The third-order valence-corrected chi connectivity index (χ3v) is 4.93. The van der Waals surface area contributed by atoms with E-state index in [1.165, 1.54) is 12.8 Å². The predicted octanol–water partition coefficient (Wildman–Crippen LogP) is 2.24. The summed E-state index contributed by atoms with van der Waals surface area (Å²) in [6, 6.07) is 11.9. The molecule has 2 aromatic heterocycles. The molecule has 0 radical (unpaired) electrons. The van der Waals surface area contributed by atoms with Gasteiger partial charge < -0.3 is 4.90 Å². The Kier molecular flexibility index (Phi) is 3.19. The monoisotopic (exact) mass is 334 g/mol. The van der Waals surface area contributed by atoms with E-state index in [1.807, 2.05) is 52.2 Å². The van der Waals surface area contributed by atoms with E-state index in [9.17, 15) is 4.79 Å². The lowest BCUT2D eigenvalue weighted by Crippen LogP contribution is -2.51. The normalized spacial score (nSPS) is 17.5. The summed E-state index contributed by atoms with van der Waals surface area (Å²) in [6.07, 6.45) is 4.48. The molecule has 1 aromatic carbocycles. The lowest BCUT2D eigenvalue weighted by molar-refractivity contribution is 0.0492. The second kappa shape index (κ2) is 5.54. The van der Waals surface area contributed by atoms with Gasteiger partial charge in [-0.2, -0.15) is 5.10 Å². The van der Waals surface area contributed by atoms with Crippen LogP contribution in [0.4, 0.5) is 0 Å². The van der Waals surface area contributed by atoms with Crippen molar-refractivity contribution in [1.29, 1.82) is 0 Å². The van der Waals surface area contributed by atoms with Gasteiger partial charge in [-0.05, 0) is 18.9 Å². The molecule has 3 heterocycles. The molecular weight excluding hydrogens is 316 g/mol. The van der Waals surface area contributed by atoms with Gasteiger partial charge in [0.05, 0.1) is 17.4 Å². The number of likely N-dealkylation sites (tertiary alicyclic amines) is 1. The molecule has 0 unspecified atom stereocenters. The molecule has 25 heavy (non-hydrogen) atoms. The molecule has 7 heteroatoms. The Balaban J connectivity index is 1.24. The minimum atomic E-state index is -0.0199. The standard InChI is InChI=1S/C18H18N6O/c25-18(16-8-15(19-20-16)12-4-2-1-3-5-12)23-9-14(10-23)24-11-17(21-22-24)13-6-7-13/h1-5,8,11,13-14H,6-7,9-10H2,(H,19,20). The first-order chi connectivity index (χ1) is 12.3. The largest absolute Gasteiger partial charge is 0.333 e. The van der Waals surface area contributed by atoms with Crippen LogP contribution in [0.5, 0.6) is 0 Å². The number of carbonyl (C=O) groups is 1. The number of rotatable bonds is 4. The van der Waals surface area contributed by atoms with Crippen molar-refractivity contribution in [2.24, 2.45) is 0 Å². The molecule has 1 N–H and O–H groups in total. The smallest absolute Gasteiger partial charge is 0.272 e. The van der Waals surface area contributed by atoms with Gasteiger partial charge in [0.2, 0.25) is 0 Å². The van der Waals surface area contributed by atoms with E-state index in [2.05, 4.69) is 20.5 Å². The number of hydrogen-bond donors (Lipinski definition) is 1. The highest BCUT2D eigenvalue weighted by molar-refractivity contribution is 5.94. The average Bonchev–Trinajstić information content (AvgIpc) is 3.14. The average molecular weight is 334 g/mol.